The molecule has 0 radical (unpaired) electrons. The number of amides is 1. The van der Waals surface area contributed by atoms with Crippen LogP contribution in [0.4, 0.5) is 13.2 Å². The molecule has 1 fully saturated rings. The number of carbonyl (C=O) groups excluding carboxylic acids is 1. The van der Waals surface area contributed by atoms with Crippen molar-refractivity contribution in [2.75, 3.05) is 32.8 Å². The maximum atomic E-state index is 12.5. The second-order valence-electron chi connectivity index (χ2n) is 6.65. The van der Waals surface area contributed by atoms with E-state index in [1.807, 2.05) is 6.92 Å². The summed E-state index contributed by atoms with van der Waals surface area (Å²) in [5.41, 5.74) is 1.34. The van der Waals surface area contributed by atoms with Gasteiger partial charge in [-0.15, -0.1) is 24.0 Å². The predicted octanol–water partition coefficient (Wildman–Crippen LogP) is 3.23. The average Bonchev–Trinajstić information content (AvgIpc) is 3.17. The second kappa shape index (κ2) is 12.1. The number of likely N-dealkylation sites (tertiary alicyclic amines) is 1. The Morgan fingerprint density at radius 2 is 1.93 bits per heavy atom. The van der Waals surface area contributed by atoms with Crippen molar-refractivity contribution in [2.24, 2.45) is 4.99 Å². The molecule has 2 rings (SSSR count). The summed E-state index contributed by atoms with van der Waals surface area (Å²) in [6, 6.07) is 5.06. The van der Waals surface area contributed by atoms with Gasteiger partial charge < -0.3 is 20.3 Å². The first kappa shape index (κ1) is 25.3. The van der Waals surface area contributed by atoms with E-state index in [0.717, 1.165) is 31.5 Å². The highest BCUT2D eigenvalue weighted by atomic mass is 127. The number of ether oxygens (including phenoxy) is 1. The number of benzene rings is 1. The topological polar surface area (TPSA) is 66.0 Å². The monoisotopic (exact) mass is 528 g/mol. The van der Waals surface area contributed by atoms with Gasteiger partial charge in [0.25, 0.3) is 0 Å². The summed E-state index contributed by atoms with van der Waals surface area (Å²) < 4.78 is 42.4. The van der Waals surface area contributed by atoms with Crippen LogP contribution < -0.4 is 15.4 Å². The normalized spacial score (nSPS) is 14.4. The van der Waals surface area contributed by atoms with Crippen LogP contribution in [0.25, 0.3) is 0 Å². The minimum Gasteiger partial charge on any atom is -0.484 e. The van der Waals surface area contributed by atoms with E-state index in [-0.39, 0.29) is 48.7 Å². The molecule has 0 aromatic heterocycles. The Hall–Kier alpha value is -1.72. The zero-order valence-corrected chi connectivity index (χ0v) is 19.0. The van der Waals surface area contributed by atoms with E-state index in [4.69, 9.17) is 4.74 Å². The molecule has 1 heterocycles. The Kier molecular flexibility index (Phi) is 10.5. The minimum absolute atomic E-state index is 0. The summed E-state index contributed by atoms with van der Waals surface area (Å²) in [6.45, 7) is 4.71. The maximum Gasteiger partial charge on any atom is 0.422 e. The lowest BCUT2D eigenvalue weighted by atomic mass is 10.1. The Morgan fingerprint density at radius 3 is 2.55 bits per heavy atom. The van der Waals surface area contributed by atoms with Gasteiger partial charge in [-0.25, -0.2) is 4.99 Å². The van der Waals surface area contributed by atoms with Gasteiger partial charge in [-0.05, 0) is 38.3 Å². The molecule has 29 heavy (non-hydrogen) atoms. The third kappa shape index (κ3) is 9.09. The molecule has 2 N–H and O–H groups in total. The lowest BCUT2D eigenvalue weighted by Gasteiger charge is -2.17. The molecule has 10 heteroatoms. The van der Waals surface area contributed by atoms with Crippen molar-refractivity contribution in [3.63, 3.8) is 0 Å². The van der Waals surface area contributed by atoms with Gasteiger partial charge in [0.1, 0.15) is 5.75 Å². The zero-order chi connectivity index (χ0) is 20.6. The number of aliphatic imine (C=N–C) groups is 1. The number of nitrogens with zero attached hydrogens (tertiary/aromatic N) is 2. The number of rotatable bonds is 7. The summed E-state index contributed by atoms with van der Waals surface area (Å²) in [7, 11) is 0. The van der Waals surface area contributed by atoms with Gasteiger partial charge in [0.2, 0.25) is 5.91 Å². The molecular formula is C19H28F3IN4O2. The Bertz CT molecular complexity index is 693. The largest absolute Gasteiger partial charge is 0.484 e. The molecule has 1 aliphatic rings. The number of carbonyl (C=O) groups is 1. The molecule has 1 aromatic rings. The molecule has 1 saturated heterocycles. The van der Waals surface area contributed by atoms with E-state index in [1.165, 1.54) is 0 Å². The van der Waals surface area contributed by atoms with Crippen molar-refractivity contribution in [1.82, 2.24) is 15.5 Å². The molecule has 1 aromatic carbocycles. The van der Waals surface area contributed by atoms with E-state index >= 15 is 0 Å². The number of nitrogens with one attached hydrogen (secondary N) is 2. The maximum absolute atomic E-state index is 12.5. The standard InChI is InChI=1S/C19H27F3N4O2.HI/c1-3-23-18(25-12-17(27)26-8-4-5-9-26)24-11-15-7-6-14(2)10-16(15)28-13-19(20,21)22;/h6-7,10H,3-5,8-9,11-13H2,1-2H3,(H2,23,24,25);1H. The van der Waals surface area contributed by atoms with E-state index in [1.54, 1.807) is 30.0 Å². The molecule has 0 saturated carbocycles. The number of alkyl halides is 3. The number of hydrogen-bond donors (Lipinski definition) is 2. The summed E-state index contributed by atoms with van der Waals surface area (Å²) in [5, 5.41) is 6.01. The Balaban J connectivity index is 0.00000420. The highest BCUT2D eigenvalue weighted by molar-refractivity contribution is 14.0. The molecule has 0 aliphatic carbocycles. The predicted molar refractivity (Wildman–Crippen MR) is 117 cm³/mol. The fourth-order valence-corrected chi connectivity index (χ4v) is 2.83. The first-order valence-electron chi connectivity index (χ1n) is 9.37. The van der Waals surface area contributed by atoms with Crippen LogP contribution in [-0.4, -0.2) is 55.7 Å². The first-order chi connectivity index (χ1) is 13.3. The van der Waals surface area contributed by atoms with E-state index < -0.39 is 12.8 Å². The fourth-order valence-electron chi connectivity index (χ4n) is 2.83. The first-order valence-corrected chi connectivity index (χ1v) is 9.37. The minimum atomic E-state index is -4.41. The van der Waals surface area contributed by atoms with Crippen LogP contribution in [-0.2, 0) is 11.3 Å². The summed E-state index contributed by atoms with van der Waals surface area (Å²) >= 11 is 0. The number of hydrogen-bond acceptors (Lipinski definition) is 3. The highest BCUT2D eigenvalue weighted by Crippen LogP contribution is 2.24. The van der Waals surface area contributed by atoms with Gasteiger partial charge >= 0.3 is 6.18 Å². The van der Waals surface area contributed by atoms with E-state index in [2.05, 4.69) is 15.6 Å². The smallest absolute Gasteiger partial charge is 0.422 e. The van der Waals surface area contributed by atoms with Gasteiger partial charge in [-0.3, -0.25) is 4.79 Å². The molecule has 0 spiro atoms. The van der Waals surface area contributed by atoms with Crippen molar-refractivity contribution in [1.29, 1.82) is 0 Å². The molecule has 6 nitrogen and oxygen atoms in total. The zero-order valence-electron chi connectivity index (χ0n) is 16.6. The number of halogens is 4. The average molecular weight is 528 g/mol. The SMILES string of the molecule is CCNC(=NCc1ccc(C)cc1OCC(F)(F)F)NCC(=O)N1CCCC1.I. The van der Waals surface area contributed by atoms with Gasteiger partial charge in [-0.2, -0.15) is 13.2 Å². The highest BCUT2D eigenvalue weighted by Gasteiger charge is 2.28. The summed E-state index contributed by atoms with van der Waals surface area (Å²) in [6.07, 6.45) is -2.36. The van der Waals surface area contributed by atoms with Crippen LogP contribution >= 0.6 is 24.0 Å². The van der Waals surface area contributed by atoms with Crippen molar-refractivity contribution < 1.29 is 22.7 Å². The van der Waals surface area contributed by atoms with Crippen LogP contribution in [0.3, 0.4) is 0 Å². The number of aryl methyl sites for hydroxylation is 1. The van der Waals surface area contributed by atoms with Crippen molar-refractivity contribution in [3.05, 3.63) is 29.3 Å². The fraction of sp³-hybridized carbons (Fsp3) is 0.579. The van der Waals surface area contributed by atoms with Crippen molar-refractivity contribution in [2.45, 2.75) is 39.4 Å². The molecule has 1 aliphatic heterocycles. The molecular weight excluding hydrogens is 500 g/mol. The molecule has 0 bridgehead atoms. The van der Waals surface area contributed by atoms with Crippen LogP contribution in [0.5, 0.6) is 5.75 Å². The Labute approximate surface area is 186 Å². The Morgan fingerprint density at radius 1 is 1.24 bits per heavy atom. The van der Waals surface area contributed by atoms with Gasteiger partial charge in [0.05, 0.1) is 13.1 Å². The van der Waals surface area contributed by atoms with E-state index in [0.29, 0.717) is 18.1 Å². The number of guanidine groups is 1. The van der Waals surface area contributed by atoms with Crippen molar-refractivity contribution >= 4 is 35.8 Å². The third-order valence-corrected chi connectivity index (χ3v) is 4.23. The quantitative estimate of drug-likeness (QED) is 0.324. The molecule has 164 valence electrons. The van der Waals surface area contributed by atoms with Gasteiger partial charge in [-0.1, -0.05) is 12.1 Å². The lowest BCUT2D eigenvalue weighted by molar-refractivity contribution is -0.153. The second-order valence-corrected chi connectivity index (χ2v) is 6.65. The van der Waals surface area contributed by atoms with Gasteiger partial charge in [0.15, 0.2) is 12.6 Å². The summed E-state index contributed by atoms with van der Waals surface area (Å²) in [4.78, 5) is 18.3. The van der Waals surface area contributed by atoms with Crippen LogP contribution in [0.1, 0.15) is 30.9 Å². The van der Waals surface area contributed by atoms with Crippen LogP contribution in [0.15, 0.2) is 23.2 Å². The third-order valence-electron chi connectivity index (χ3n) is 4.23. The van der Waals surface area contributed by atoms with E-state index in [9.17, 15) is 18.0 Å². The van der Waals surface area contributed by atoms with Gasteiger partial charge in [0, 0.05) is 25.2 Å². The van der Waals surface area contributed by atoms with Crippen LogP contribution in [0.2, 0.25) is 0 Å². The molecule has 1 amide bonds. The lowest BCUT2D eigenvalue weighted by Crippen LogP contribution is -2.44. The summed E-state index contributed by atoms with van der Waals surface area (Å²) in [5.74, 6) is 0.593. The van der Waals surface area contributed by atoms with Crippen molar-refractivity contribution in [3.8, 4) is 5.75 Å². The molecule has 0 atom stereocenters. The molecule has 0 unspecified atom stereocenters. The van der Waals surface area contributed by atoms with Crippen LogP contribution in [0, 0.1) is 6.92 Å².